The summed E-state index contributed by atoms with van der Waals surface area (Å²) in [5.74, 6) is 0.900. The highest BCUT2D eigenvalue weighted by Gasteiger charge is 2.42. The molecule has 2 unspecified atom stereocenters. The fourth-order valence-electron chi connectivity index (χ4n) is 4.20. The molecule has 2 saturated carbocycles. The molecule has 0 aromatic carbocycles. The van der Waals surface area contributed by atoms with Crippen molar-refractivity contribution in [1.29, 1.82) is 0 Å². The summed E-state index contributed by atoms with van der Waals surface area (Å²) in [6, 6.07) is 1.55. The minimum Gasteiger partial charge on any atom is -0.396 e. The van der Waals surface area contributed by atoms with E-state index in [1.165, 1.54) is 64.5 Å². The molecule has 2 N–H and O–H groups in total. The van der Waals surface area contributed by atoms with Gasteiger partial charge >= 0.3 is 0 Å². The quantitative estimate of drug-likeness (QED) is 0.812. The minimum absolute atomic E-state index is 0.259. The Balaban J connectivity index is 1.40. The Kier molecular flexibility index (Phi) is 4.68. The lowest BCUT2D eigenvalue weighted by Gasteiger charge is -2.42. The third-order valence-corrected chi connectivity index (χ3v) is 6.12. The Morgan fingerprint density at radius 1 is 1.10 bits per heavy atom. The molecule has 1 aliphatic heterocycles. The van der Waals surface area contributed by atoms with Crippen molar-refractivity contribution in [2.75, 3.05) is 26.2 Å². The molecular weight excluding hydrogens is 248 g/mol. The van der Waals surface area contributed by atoms with E-state index in [9.17, 15) is 5.11 Å². The summed E-state index contributed by atoms with van der Waals surface area (Å²) in [6.45, 7) is 6.41. The Labute approximate surface area is 124 Å². The number of nitrogens with zero attached hydrogens (tertiary/aromatic N) is 1. The fraction of sp³-hybridized carbons (Fsp3) is 1.00. The third kappa shape index (κ3) is 3.37. The summed E-state index contributed by atoms with van der Waals surface area (Å²) in [5.41, 5.74) is 0.259. The number of hydrogen-bond donors (Lipinski definition) is 2. The number of nitrogens with one attached hydrogen (secondary N) is 1. The summed E-state index contributed by atoms with van der Waals surface area (Å²) in [6.07, 6.45) is 10.8. The van der Waals surface area contributed by atoms with Crippen molar-refractivity contribution in [1.82, 2.24) is 10.2 Å². The van der Waals surface area contributed by atoms with Gasteiger partial charge in [-0.3, -0.25) is 0 Å². The van der Waals surface area contributed by atoms with Crippen LogP contribution in [0, 0.1) is 11.3 Å². The van der Waals surface area contributed by atoms with Gasteiger partial charge in [0.05, 0.1) is 0 Å². The summed E-state index contributed by atoms with van der Waals surface area (Å²) >= 11 is 0. The number of piperidine rings is 1. The Morgan fingerprint density at radius 3 is 2.40 bits per heavy atom. The third-order valence-electron chi connectivity index (χ3n) is 6.12. The molecule has 1 heterocycles. The molecule has 1 saturated heterocycles. The average molecular weight is 280 g/mol. The standard InChI is InChI=1S/C17H32N2O/c1-14-4-2-3-5-16(14)19-10-6-15(7-11-19)18-12-17(13-20)8-9-17/h14-16,18,20H,2-13H2,1H3. The predicted octanol–water partition coefficient (Wildman–Crippen LogP) is 2.39. The molecule has 0 aromatic heterocycles. The van der Waals surface area contributed by atoms with Gasteiger partial charge in [0.25, 0.3) is 0 Å². The van der Waals surface area contributed by atoms with E-state index in [2.05, 4.69) is 17.1 Å². The lowest BCUT2D eigenvalue weighted by atomic mass is 9.84. The maximum absolute atomic E-state index is 9.38. The van der Waals surface area contributed by atoms with Crippen LogP contribution in [0.4, 0.5) is 0 Å². The molecule has 116 valence electrons. The van der Waals surface area contributed by atoms with Crippen molar-refractivity contribution in [2.24, 2.45) is 11.3 Å². The minimum atomic E-state index is 0.259. The SMILES string of the molecule is CC1CCCCC1N1CCC(NCC2(CO)CC2)CC1. The number of aliphatic hydroxyl groups excluding tert-OH is 1. The van der Waals surface area contributed by atoms with E-state index in [0.29, 0.717) is 12.6 Å². The van der Waals surface area contributed by atoms with E-state index in [1.807, 2.05) is 0 Å². The normalized spacial score (nSPS) is 35.1. The van der Waals surface area contributed by atoms with Gasteiger partial charge in [0, 0.05) is 30.7 Å². The van der Waals surface area contributed by atoms with Gasteiger partial charge in [-0.1, -0.05) is 19.8 Å². The van der Waals surface area contributed by atoms with Crippen molar-refractivity contribution in [3.05, 3.63) is 0 Å². The van der Waals surface area contributed by atoms with E-state index in [0.717, 1.165) is 18.5 Å². The zero-order valence-electron chi connectivity index (χ0n) is 13.1. The first-order valence-corrected chi connectivity index (χ1v) is 8.81. The van der Waals surface area contributed by atoms with Crippen LogP contribution in [0.15, 0.2) is 0 Å². The molecule has 0 bridgehead atoms. The molecular formula is C17H32N2O. The molecule has 3 rings (SSSR count). The van der Waals surface area contributed by atoms with Crippen molar-refractivity contribution in [2.45, 2.75) is 70.4 Å². The molecule has 2 aliphatic carbocycles. The first-order valence-electron chi connectivity index (χ1n) is 8.81. The molecule has 20 heavy (non-hydrogen) atoms. The average Bonchev–Trinajstić information content (AvgIpc) is 3.27. The highest BCUT2D eigenvalue weighted by Crippen LogP contribution is 2.44. The van der Waals surface area contributed by atoms with Crippen LogP contribution in [0.3, 0.4) is 0 Å². The highest BCUT2D eigenvalue weighted by atomic mass is 16.3. The van der Waals surface area contributed by atoms with Gasteiger partial charge in [-0.25, -0.2) is 0 Å². The smallest absolute Gasteiger partial charge is 0.0499 e. The predicted molar refractivity (Wildman–Crippen MR) is 82.8 cm³/mol. The van der Waals surface area contributed by atoms with Crippen LogP contribution >= 0.6 is 0 Å². The molecule has 0 amide bonds. The zero-order valence-corrected chi connectivity index (χ0v) is 13.1. The van der Waals surface area contributed by atoms with Crippen molar-refractivity contribution < 1.29 is 5.11 Å². The Hall–Kier alpha value is -0.120. The maximum atomic E-state index is 9.38. The first kappa shape index (κ1) is 14.8. The lowest BCUT2D eigenvalue weighted by Crippen LogP contribution is -2.50. The molecule has 3 heteroatoms. The molecule has 3 aliphatic rings. The van der Waals surface area contributed by atoms with Gasteiger partial charge in [0.15, 0.2) is 0 Å². The van der Waals surface area contributed by atoms with E-state index in [-0.39, 0.29) is 5.41 Å². The zero-order chi connectivity index (χ0) is 14.0. The van der Waals surface area contributed by atoms with Crippen LogP contribution in [-0.4, -0.2) is 48.3 Å². The second-order valence-corrected chi connectivity index (χ2v) is 7.68. The van der Waals surface area contributed by atoms with Crippen molar-refractivity contribution in [3.8, 4) is 0 Å². The van der Waals surface area contributed by atoms with E-state index in [1.54, 1.807) is 0 Å². The van der Waals surface area contributed by atoms with Gasteiger partial charge in [-0.05, 0) is 57.5 Å². The van der Waals surface area contributed by atoms with Gasteiger partial charge in [-0.15, -0.1) is 0 Å². The van der Waals surface area contributed by atoms with Gasteiger partial charge in [0.2, 0.25) is 0 Å². The maximum Gasteiger partial charge on any atom is 0.0499 e. The van der Waals surface area contributed by atoms with Crippen molar-refractivity contribution in [3.63, 3.8) is 0 Å². The molecule has 0 spiro atoms. The van der Waals surface area contributed by atoms with Crippen LogP contribution in [0.5, 0.6) is 0 Å². The Morgan fingerprint density at radius 2 is 1.80 bits per heavy atom. The number of aliphatic hydroxyl groups is 1. The lowest BCUT2D eigenvalue weighted by molar-refractivity contribution is 0.0796. The van der Waals surface area contributed by atoms with Gasteiger partial charge < -0.3 is 15.3 Å². The van der Waals surface area contributed by atoms with Gasteiger partial charge in [0.1, 0.15) is 0 Å². The summed E-state index contributed by atoms with van der Waals surface area (Å²) in [7, 11) is 0. The molecule has 3 fully saturated rings. The largest absolute Gasteiger partial charge is 0.396 e. The first-order chi connectivity index (χ1) is 9.72. The molecule has 0 aromatic rings. The Bertz CT molecular complexity index is 308. The fourth-order valence-corrected chi connectivity index (χ4v) is 4.20. The number of rotatable bonds is 5. The second-order valence-electron chi connectivity index (χ2n) is 7.68. The topological polar surface area (TPSA) is 35.5 Å². The summed E-state index contributed by atoms with van der Waals surface area (Å²) in [4.78, 5) is 2.76. The number of likely N-dealkylation sites (tertiary alicyclic amines) is 1. The van der Waals surface area contributed by atoms with Crippen LogP contribution in [0.25, 0.3) is 0 Å². The van der Waals surface area contributed by atoms with Crippen LogP contribution in [0.1, 0.15) is 58.3 Å². The monoisotopic (exact) mass is 280 g/mol. The molecule has 0 radical (unpaired) electrons. The van der Waals surface area contributed by atoms with E-state index >= 15 is 0 Å². The molecule has 3 nitrogen and oxygen atoms in total. The van der Waals surface area contributed by atoms with Crippen molar-refractivity contribution >= 4 is 0 Å². The van der Waals surface area contributed by atoms with E-state index in [4.69, 9.17) is 0 Å². The molecule has 2 atom stereocenters. The van der Waals surface area contributed by atoms with Crippen LogP contribution in [-0.2, 0) is 0 Å². The number of hydrogen-bond acceptors (Lipinski definition) is 3. The van der Waals surface area contributed by atoms with Crippen LogP contribution < -0.4 is 5.32 Å². The van der Waals surface area contributed by atoms with E-state index < -0.39 is 0 Å². The summed E-state index contributed by atoms with van der Waals surface area (Å²) in [5, 5.41) is 13.1. The van der Waals surface area contributed by atoms with Gasteiger partial charge in [-0.2, -0.15) is 0 Å². The summed E-state index contributed by atoms with van der Waals surface area (Å²) < 4.78 is 0. The van der Waals surface area contributed by atoms with Crippen LogP contribution in [0.2, 0.25) is 0 Å². The second kappa shape index (κ2) is 6.33. The highest BCUT2D eigenvalue weighted by molar-refractivity contribution is 4.95.